The Kier molecular flexibility index (Phi) is 10.5. The third kappa shape index (κ3) is 7.75. The first-order valence-electron chi connectivity index (χ1n) is 20.8. The number of fused-ring (bicyclic) bond motifs is 2. The molecule has 1 N–H and O–H groups in total. The summed E-state index contributed by atoms with van der Waals surface area (Å²) in [7, 11) is 0. The van der Waals surface area contributed by atoms with Gasteiger partial charge in [-0.25, -0.2) is 0 Å². The molecule has 0 spiro atoms. The Balaban J connectivity index is 1.03. The fourth-order valence-electron chi connectivity index (χ4n) is 8.70. The van der Waals surface area contributed by atoms with Gasteiger partial charge in [-0.2, -0.15) is 0 Å². The van der Waals surface area contributed by atoms with Crippen molar-refractivity contribution in [2.24, 2.45) is 11.8 Å². The molecule has 1 heterocycles. The second kappa shape index (κ2) is 16.5. The molecule has 0 aliphatic heterocycles. The zero-order chi connectivity index (χ0) is 40.3. The molecule has 0 fully saturated rings. The third-order valence-electron chi connectivity index (χ3n) is 12.6. The molecule has 3 atom stereocenters. The van der Waals surface area contributed by atoms with E-state index in [4.69, 9.17) is 0 Å². The maximum atomic E-state index is 9.63. The summed E-state index contributed by atoms with van der Waals surface area (Å²) in [5, 5.41) is 14.6. The Morgan fingerprint density at radius 1 is 0.525 bits per heavy atom. The van der Waals surface area contributed by atoms with E-state index in [-0.39, 0.29) is 0 Å². The quantitative estimate of drug-likeness (QED) is 0.148. The molecule has 0 amide bonds. The minimum atomic E-state index is 0.368. The van der Waals surface area contributed by atoms with E-state index in [1.165, 1.54) is 54.9 Å². The average Bonchev–Trinajstić information content (AvgIpc) is 3.30. The Labute approximate surface area is 348 Å². The van der Waals surface area contributed by atoms with Crippen LogP contribution in [0, 0.1) is 17.2 Å². The van der Waals surface area contributed by atoms with Gasteiger partial charge < -0.3 is 0 Å². The standard InChI is InChI=1S/C57H48N2/c1-38(39(2)40(3)47-16-8-17-48(34-47)50-18-11-33-59-37-50)23-24-49-35-51(41-25-27-44(28-26-41)54-21-9-14-42-12-4-6-19-52(42)54)36-56(57(49)58)46-31-29-45(30-32-46)55-22-10-15-43-13-5-7-20-53(43)55/h4-22,24-40,58H,23H2,1-3H3/b49-24+,58-57?. The van der Waals surface area contributed by atoms with Crippen LogP contribution in [0.2, 0.25) is 0 Å². The summed E-state index contributed by atoms with van der Waals surface area (Å²) in [5.74, 6) is 1.20. The lowest BCUT2D eigenvalue weighted by Crippen LogP contribution is -2.16. The molecule has 286 valence electrons. The molecule has 0 bridgehead atoms. The van der Waals surface area contributed by atoms with Crippen LogP contribution in [0.3, 0.4) is 0 Å². The van der Waals surface area contributed by atoms with Crippen LogP contribution in [-0.2, 0) is 0 Å². The molecule has 1 aliphatic rings. The molecule has 2 nitrogen and oxygen atoms in total. The third-order valence-corrected chi connectivity index (χ3v) is 12.6. The Hall–Kier alpha value is -6.90. The average molecular weight is 761 g/mol. The lowest BCUT2D eigenvalue weighted by Gasteiger charge is -2.27. The monoisotopic (exact) mass is 760 g/mol. The highest BCUT2D eigenvalue weighted by molar-refractivity contribution is 6.34. The van der Waals surface area contributed by atoms with E-state index in [0.717, 1.165) is 39.8 Å². The van der Waals surface area contributed by atoms with Crippen LogP contribution >= 0.6 is 0 Å². The van der Waals surface area contributed by atoms with Gasteiger partial charge in [-0.3, -0.25) is 10.4 Å². The molecule has 3 unspecified atom stereocenters. The van der Waals surface area contributed by atoms with Gasteiger partial charge in [0.15, 0.2) is 0 Å². The number of allylic oxidation sites excluding steroid dienone is 6. The summed E-state index contributed by atoms with van der Waals surface area (Å²) < 4.78 is 0. The van der Waals surface area contributed by atoms with E-state index in [0.29, 0.717) is 23.5 Å². The fourth-order valence-corrected chi connectivity index (χ4v) is 8.70. The van der Waals surface area contributed by atoms with Gasteiger partial charge in [0.25, 0.3) is 0 Å². The highest BCUT2D eigenvalue weighted by atomic mass is 14.6. The molecule has 0 saturated carbocycles. The number of benzene rings is 7. The topological polar surface area (TPSA) is 36.7 Å². The molecular weight excluding hydrogens is 713 g/mol. The normalized spacial score (nSPS) is 15.2. The second-order valence-electron chi connectivity index (χ2n) is 16.1. The van der Waals surface area contributed by atoms with Crippen molar-refractivity contribution in [3.63, 3.8) is 0 Å². The van der Waals surface area contributed by atoms with E-state index in [1.807, 2.05) is 18.5 Å². The largest absolute Gasteiger partial charge is 0.300 e. The lowest BCUT2D eigenvalue weighted by molar-refractivity contribution is 0.340. The van der Waals surface area contributed by atoms with Crippen molar-refractivity contribution in [3.8, 4) is 33.4 Å². The predicted octanol–water partition coefficient (Wildman–Crippen LogP) is 15.3. The zero-order valence-electron chi connectivity index (χ0n) is 33.9. The van der Waals surface area contributed by atoms with Gasteiger partial charge in [0.05, 0.1) is 5.71 Å². The molecule has 9 rings (SSSR count). The number of pyridine rings is 1. The minimum Gasteiger partial charge on any atom is -0.300 e. The molecule has 2 heteroatoms. The van der Waals surface area contributed by atoms with Crippen molar-refractivity contribution in [2.75, 3.05) is 0 Å². The van der Waals surface area contributed by atoms with Crippen LogP contribution in [0.25, 0.3) is 66.1 Å². The van der Waals surface area contributed by atoms with Gasteiger partial charge in [-0.05, 0) is 125 Å². The molecule has 7 aromatic carbocycles. The number of nitrogens with zero attached hydrogens (tertiary/aromatic N) is 1. The summed E-state index contributed by atoms with van der Waals surface area (Å²) in [4.78, 5) is 4.34. The van der Waals surface area contributed by atoms with E-state index in [1.54, 1.807) is 0 Å². The van der Waals surface area contributed by atoms with Gasteiger partial charge in [-0.1, -0.05) is 191 Å². The van der Waals surface area contributed by atoms with Gasteiger partial charge in [0, 0.05) is 18.0 Å². The number of hydrogen-bond acceptors (Lipinski definition) is 2. The van der Waals surface area contributed by atoms with Gasteiger partial charge in [0.1, 0.15) is 0 Å². The van der Waals surface area contributed by atoms with Crippen LogP contribution in [0.5, 0.6) is 0 Å². The molecule has 59 heavy (non-hydrogen) atoms. The number of hydrogen-bond donors (Lipinski definition) is 1. The van der Waals surface area contributed by atoms with Crippen LogP contribution in [0.15, 0.2) is 206 Å². The van der Waals surface area contributed by atoms with Crippen molar-refractivity contribution in [1.82, 2.24) is 4.98 Å². The smallest absolute Gasteiger partial charge is 0.0687 e. The Bertz CT molecular complexity index is 2880. The van der Waals surface area contributed by atoms with Crippen LogP contribution in [0.4, 0.5) is 0 Å². The van der Waals surface area contributed by atoms with Gasteiger partial charge in [0.2, 0.25) is 0 Å². The first kappa shape index (κ1) is 37.7. The van der Waals surface area contributed by atoms with E-state index in [2.05, 4.69) is 208 Å². The van der Waals surface area contributed by atoms with E-state index >= 15 is 0 Å². The second-order valence-corrected chi connectivity index (χ2v) is 16.1. The summed E-state index contributed by atoms with van der Waals surface area (Å²) >= 11 is 0. The Morgan fingerprint density at radius 3 is 1.71 bits per heavy atom. The SMILES string of the molecule is CC(C/C=C1\C=C(c2ccc(-c3cccc4ccccc34)cc2)C=C(c2ccc(-c3cccc4ccccc34)cc2)C1=N)C(C)C(C)c1cccc(-c2cccnc2)c1. The molecule has 0 saturated heterocycles. The van der Waals surface area contributed by atoms with E-state index in [9.17, 15) is 5.41 Å². The summed E-state index contributed by atoms with van der Waals surface area (Å²) in [6.45, 7) is 7.08. The van der Waals surface area contributed by atoms with Crippen molar-refractivity contribution < 1.29 is 0 Å². The lowest BCUT2D eigenvalue weighted by atomic mass is 9.78. The van der Waals surface area contributed by atoms with Crippen molar-refractivity contribution in [2.45, 2.75) is 33.1 Å². The first-order valence-corrected chi connectivity index (χ1v) is 20.8. The number of nitrogens with one attached hydrogen (secondary N) is 1. The number of aromatic nitrogens is 1. The molecular formula is C57H48N2. The van der Waals surface area contributed by atoms with Gasteiger partial charge >= 0.3 is 0 Å². The van der Waals surface area contributed by atoms with E-state index < -0.39 is 0 Å². The first-order chi connectivity index (χ1) is 28.9. The highest BCUT2D eigenvalue weighted by Gasteiger charge is 2.23. The highest BCUT2D eigenvalue weighted by Crippen LogP contribution is 2.38. The molecule has 1 aromatic heterocycles. The maximum Gasteiger partial charge on any atom is 0.0687 e. The summed E-state index contributed by atoms with van der Waals surface area (Å²) in [6.07, 6.45) is 11.4. The number of rotatable bonds is 10. The summed E-state index contributed by atoms with van der Waals surface area (Å²) in [6, 6.07) is 60.9. The minimum absolute atomic E-state index is 0.368. The zero-order valence-corrected chi connectivity index (χ0v) is 33.9. The summed E-state index contributed by atoms with van der Waals surface area (Å²) in [5.41, 5.74) is 14.3. The Morgan fingerprint density at radius 2 is 1.08 bits per heavy atom. The van der Waals surface area contributed by atoms with Crippen molar-refractivity contribution in [1.29, 1.82) is 5.41 Å². The predicted molar refractivity (Wildman–Crippen MR) is 252 cm³/mol. The molecule has 8 aromatic rings. The van der Waals surface area contributed by atoms with Crippen LogP contribution in [0.1, 0.15) is 49.8 Å². The fraction of sp³-hybridized carbons (Fsp3) is 0.123. The molecule has 0 radical (unpaired) electrons. The van der Waals surface area contributed by atoms with Crippen LogP contribution in [-0.4, -0.2) is 10.7 Å². The molecule has 1 aliphatic carbocycles. The van der Waals surface area contributed by atoms with Gasteiger partial charge in [-0.15, -0.1) is 0 Å². The van der Waals surface area contributed by atoms with Crippen LogP contribution < -0.4 is 0 Å². The van der Waals surface area contributed by atoms with Crippen molar-refractivity contribution >= 4 is 38.4 Å². The van der Waals surface area contributed by atoms with Crippen molar-refractivity contribution in [3.05, 3.63) is 223 Å². The maximum absolute atomic E-state index is 9.63.